The smallest absolute Gasteiger partial charge is 0.337 e. The van der Waals surface area contributed by atoms with Gasteiger partial charge in [0.1, 0.15) is 5.82 Å². The average Bonchev–Trinajstić information content (AvgIpc) is 2.89. The number of hydrogen-bond donors (Lipinski definition) is 3. The molecule has 2 rings (SSSR count). The highest BCUT2D eigenvalue weighted by Gasteiger charge is 2.10. The maximum atomic E-state index is 10.9. The summed E-state index contributed by atoms with van der Waals surface area (Å²) >= 11 is 1.53. The summed E-state index contributed by atoms with van der Waals surface area (Å²) in [5.41, 5.74) is 1.49. The van der Waals surface area contributed by atoms with Gasteiger partial charge in [0.25, 0.3) is 0 Å². The zero-order valence-electron chi connectivity index (χ0n) is 10.3. The van der Waals surface area contributed by atoms with Gasteiger partial charge in [-0.3, -0.25) is 0 Å². The summed E-state index contributed by atoms with van der Waals surface area (Å²) in [5, 5.41) is 25.6. The van der Waals surface area contributed by atoms with Crippen LogP contribution in [0.3, 0.4) is 0 Å². The van der Waals surface area contributed by atoms with Crippen LogP contribution in [0.15, 0.2) is 29.0 Å². The highest BCUT2D eigenvalue weighted by molar-refractivity contribution is 7.07. The standard InChI is InChI=1S/C13H14N2O3S/c1-8-10(13(17)18)2-3-12(15-8)14-6-11(16)9-4-5-19-7-9/h2-5,7,11,16H,6H2,1H3,(H,14,15)(H,17,18). The summed E-state index contributed by atoms with van der Waals surface area (Å²) < 4.78 is 0. The van der Waals surface area contributed by atoms with Crippen molar-refractivity contribution < 1.29 is 15.0 Å². The van der Waals surface area contributed by atoms with Crippen molar-refractivity contribution in [2.45, 2.75) is 13.0 Å². The lowest BCUT2D eigenvalue weighted by molar-refractivity contribution is 0.0695. The Morgan fingerprint density at radius 1 is 1.47 bits per heavy atom. The van der Waals surface area contributed by atoms with E-state index in [1.54, 1.807) is 13.0 Å². The Morgan fingerprint density at radius 3 is 2.84 bits per heavy atom. The van der Waals surface area contributed by atoms with E-state index >= 15 is 0 Å². The van der Waals surface area contributed by atoms with Crippen molar-refractivity contribution in [3.05, 3.63) is 45.8 Å². The molecule has 0 radical (unpaired) electrons. The second-order valence-corrected chi connectivity index (χ2v) is 4.87. The van der Waals surface area contributed by atoms with Crippen LogP contribution in [0.5, 0.6) is 0 Å². The Morgan fingerprint density at radius 2 is 2.26 bits per heavy atom. The number of aliphatic hydroxyl groups excluding tert-OH is 1. The molecule has 0 spiro atoms. The number of aryl methyl sites for hydroxylation is 1. The van der Waals surface area contributed by atoms with Gasteiger partial charge in [-0.05, 0) is 41.4 Å². The molecule has 0 saturated carbocycles. The number of carbonyl (C=O) groups is 1. The minimum Gasteiger partial charge on any atom is -0.478 e. The van der Waals surface area contributed by atoms with E-state index in [-0.39, 0.29) is 5.56 Å². The van der Waals surface area contributed by atoms with Crippen LogP contribution in [0.1, 0.15) is 27.7 Å². The lowest BCUT2D eigenvalue weighted by Gasteiger charge is -2.12. The third kappa shape index (κ3) is 3.30. The summed E-state index contributed by atoms with van der Waals surface area (Å²) in [6.07, 6.45) is -0.604. The number of thiophene rings is 1. The molecule has 0 aliphatic carbocycles. The first-order valence-electron chi connectivity index (χ1n) is 5.73. The topological polar surface area (TPSA) is 82.5 Å². The van der Waals surface area contributed by atoms with Gasteiger partial charge >= 0.3 is 5.97 Å². The number of carboxylic acids is 1. The van der Waals surface area contributed by atoms with Gasteiger partial charge in [0.2, 0.25) is 0 Å². The molecule has 0 bridgehead atoms. The number of aromatic nitrogens is 1. The molecule has 0 fully saturated rings. The van der Waals surface area contributed by atoms with E-state index in [2.05, 4.69) is 10.3 Å². The fourth-order valence-corrected chi connectivity index (χ4v) is 2.38. The molecule has 0 aliphatic heterocycles. The Kier molecular flexibility index (Phi) is 4.13. The zero-order valence-corrected chi connectivity index (χ0v) is 11.1. The maximum absolute atomic E-state index is 10.9. The summed E-state index contributed by atoms with van der Waals surface area (Å²) in [7, 11) is 0. The number of aromatic carboxylic acids is 1. The largest absolute Gasteiger partial charge is 0.478 e. The number of nitrogens with one attached hydrogen (secondary N) is 1. The van der Waals surface area contributed by atoms with Crippen LogP contribution in [0, 0.1) is 6.92 Å². The minimum atomic E-state index is -0.991. The third-order valence-electron chi connectivity index (χ3n) is 2.72. The van der Waals surface area contributed by atoms with E-state index in [1.807, 2.05) is 16.8 Å². The number of pyridine rings is 1. The molecule has 2 aromatic heterocycles. The molecule has 1 unspecified atom stereocenters. The van der Waals surface area contributed by atoms with E-state index in [0.29, 0.717) is 18.1 Å². The monoisotopic (exact) mass is 278 g/mol. The summed E-state index contributed by atoms with van der Waals surface area (Å²) in [6.45, 7) is 1.97. The van der Waals surface area contributed by atoms with Crippen molar-refractivity contribution >= 4 is 23.1 Å². The van der Waals surface area contributed by atoms with Crippen LogP contribution in [-0.2, 0) is 0 Å². The predicted octanol–water partition coefficient (Wildman–Crippen LogP) is 2.30. The molecule has 0 amide bonds. The lowest BCUT2D eigenvalue weighted by Crippen LogP contribution is -2.13. The number of anilines is 1. The molecule has 6 heteroatoms. The molecular formula is C13H14N2O3S. The van der Waals surface area contributed by atoms with Crippen LogP contribution in [0.2, 0.25) is 0 Å². The zero-order chi connectivity index (χ0) is 13.8. The van der Waals surface area contributed by atoms with E-state index in [9.17, 15) is 9.90 Å². The molecule has 2 aromatic rings. The van der Waals surface area contributed by atoms with Crippen molar-refractivity contribution in [1.29, 1.82) is 0 Å². The molecule has 19 heavy (non-hydrogen) atoms. The molecule has 3 N–H and O–H groups in total. The van der Waals surface area contributed by atoms with Gasteiger partial charge in [-0.2, -0.15) is 11.3 Å². The van der Waals surface area contributed by atoms with Gasteiger partial charge in [-0.25, -0.2) is 9.78 Å². The Bertz CT molecular complexity index is 569. The predicted molar refractivity (Wildman–Crippen MR) is 73.7 cm³/mol. The molecule has 0 saturated heterocycles. The van der Waals surface area contributed by atoms with Crippen LogP contribution in [0.25, 0.3) is 0 Å². The van der Waals surface area contributed by atoms with Gasteiger partial charge in [-0.15, -0.1) is 0 Å². The highest BCUT2D eigenvalue weighted by Crippen LogP contribution is 2.17. The van der Waals surface area contributed by atoms with E-state index in [1.165, 1.54) is 17.4 Å². The van der Waals surface area contributed by atoms with Gasteiger partial charge in [-0.1, -0.05) is 0 Å². The number of carboxylic acid groups (broad SMARTS) is 1. The summed E-state index contributed by atoms with van der Waals surface area (Å²) in [6, 6.07) is 4.96. The SMILES string of the molecule is Cc1nc(NCC(O)c2ccsc2)ccc1C(=O)O. The second-order valence-electron chi connectivity index (χ2n) is 4.09. The van der Waals surface area contributed by atoms with Crippen LogP contribution in [0.4, 0.5) is 5.82 Å². The van der Waals surface area contributed by atoms with E-state index in [0.717, 1.165) is 5.56 Å². The lowest BCUT2D eigenvalue weighted by atomic mass is 10.2. The van der Waals surface area contributed by atoms with Crippen molar-refractivity contribution in [3.63, 3.8) is 0 Å². The van der Waals surface area contributed by atoms with Crippen molar-refractivity contribution in [1.82, 2.24) is 4.98 Å². The first-order chi connectivity index (χ1) is 9.08. The third-order valence-corrected chi connectivity index (χ3v) is 3.42. The quantitative estimate of drug-likeness (QED) is 0.781. The highest BCUT2D eigenvalue weighted by atomic mass is 32.1. The minimum absolute atomic E-state index is 0.184. The van der Waals surface area contributed by atoms with Gasteiger partial charge in [0, 0.05) is 6.54 Å². The maximum Gasteiger partial charge on any atom is 0.337 e. The molecule has 2 heterocycles. The molecule has 0 aliphatic rings. The summed E-state index contributed by atoms with van der Waals surface area (Å²) in [4.78, 5) is 15.0. The fourth-order valence-electron chi connectivity index (χ4n) is 1.67. The van der Waals surface area contributed by atoms with E-state index < -0.39 is 12.1 Å². The number of rotatable bonds is 5. The van der Waals surface area contributed by atoms with Crippen LogP contribution in [-0.4, -0.2) is 27.7 Å². The Hall–Kier alpha value is -1.92. The second kappa shape index (κ2) is 5.81. The summed E-state index contributed by atoms with van der Waals surface area (Å²) in [5.74, 6) is -0.438. The van der Waals surface area contributed by atoms with E-state index in [4.69, 9.17) is 5.11 Å². The normalized spacial score (nSPS) is 12.1. The van der Waals surface area contributed by atoms with Crippen molar-refractivity contribution in [2.24, 2.45) is 0 Å². The molecular weight excluding hydrogens is 264 g/mol. The van der Waals surface area contributed by atoms with Gasteiger partial charge in [0.15, 0.2) is 0 Å². The molecule has 1 atom stereocenters. The average molecular weight is 278 g/mol. The van der Waals surface area contributed by atoms with Crippen molar-refractivity contribution in [3.8, 4) is 0 Å². The Labute approximate surface area is 114 Å². The van der Waals surface area contributed by atoms with Crippen LogP contribution < -0.4 is 5.32 Å². The molecule has 0 aromatic carbocycles. The number of aliphatic hydroxyl groups is 1. The Balaban J connectivity index is 2.00. The number of nitrogens with zero attached hydrogens (tertiary/aromatic N) is 1. The first-order valence-corrected chi connectivity index (χ1v) is 6.67. The molecule has 100 valence electrons. The van der Waals surface area contributed by atoms with Crippen molar-refractivity contribution in [2.75, 3.05) is 11.9 Å². The van der Waals surface area contributed by atoms with Gasteiger partial charge in [0.05, 0.1) is 17.4 Å². The number of hydrogen-bond acceptors (Lipinski definition) is 5. The van der Waals surface area contributed by atoms with Gasteiger partial charge < -0.3 is 15.5 Å². The van der Waals surface area contributed by atoms with Crippen LogP contribution >= 0.6 is 11.3 Å². The first kappa shape index (κ1) is 13.5. The molecule has 5 nitrogen and oxygen atoms in total. The fraction of sp³-hybridized carbons (Fsp3) is 0.231.